The highest BCUT2D eigenvalue weighted by molar-refractivity contribution is 5.94. The van der Waals surface area contributed by atoms with E-state index in [0.29, 0.717) is 44.6 Å². The maximum atomic E-state index is 12.7. The van der Waals surface area contributed by atoms with Gasteiger partial charge in [0.05, 0.1) is 6.61 Å². The van der Waals surface area contributed by atoms with Crippen LogP contribution in [0.3, 0.4) is 0 Å². The Bertz CT molecular complexity index is 769. The Morgan fingerprint density at radius 1 is 0.939 bits per heavy atom. The van der Waals surface area contributed by atoms with Gasteiger partial charge in [-0.1, -0.05) is 19.3 Å². The van der Waals surface area contributed by atoms with Crippen molar-refractivity contribution in [3.8, 4) is 5.75 Å². The maximum Gasteiger partial charge on any atom is 0.315 e. The monoisotopic (exact) mass is 458 g/mol. The molecule has 2 aliphatic rings. The smallest absolute Gasteiger partial charge is 0.315 e. The molecule has 3 N–H and O–H groups in total. The van der Waals surface area contributed by atoms with E-state index in [-0.39, 0.29) is 29.9 Å². The first kappa shape index (κ1) is 24.9. The SMILES string of the molecule is CCOc1ccc(C(=O)N2CCC(NC(=O)CCCNC(=O)NC3CCCCC3)CC2)cc1. The number of benzene rings is 1. The molecule has 1 heterocycles. The van der Waals surface area contributed by atoms with E-state index in [1.165, 1.54) is 19.3 Å². The van der Waals surface area contributed by atoms with Gasteiger partial charge in [-0.2, -0.15) is 0 Å². The van der Waals surface area contributed by atoms with Crippen LogP contribution < -0.4 is 20.7 Å². The number of rotatable bonds is 9. The number of amides is 4. The van der Waals surface area contributed by atoms with Gasteiger partial charge in [-0.05, 0) is 63.3 Å². The van der Waals surface area contributed by atoms with Gasteiger partial charge in [0.1, 0.15) is 5.75 Å². The fraction of sp³-hybridized carbons (Fsp3) is 0.640. The Morgan fingerprint density at radius 3 is 2.27 bits per heavy atom. The molecule has 0 bridgehead atoms. The summed E-state index contributed by atoms with van der Waals surface area (Å²) < 4.78 is 5.43. The van der Waals surface area contributed by atoms with Gasteiger partial charge in [0.15, 0.2) is 0 Å². The van der Waals surface area contributed by atoms with Gasteiger partial charge in [0.25, 0.3) is 5.91 Å². The molecule has 1 saturated carbocycles. The second-order valence-electron chi connectivity index (χ2n) is 8.93. The standard InChI is InChI=1S/C25H38N4O4/c1-2-33-22-12-10-19(11-13-22)24(31)29-17-14-21(15-18-29)27-23(30)9-6-16-26-25(32)28-20-7-4-3-5-8-20/h10-13,20-21H,2-9,14-18H2,1H3,(H,27,30)(H2,26,28,32). The third-order valence-electron chi connectivity index (χ3n) is 6.37. The lowest BCUT2D eigenvalue weighted by atomic mass is 9.96. The number of carbonyl (C=O) groups excluding carboxylic acids is 3. The Morgan fingerprint density at radius 2 is 1.61 bits per heavy atom. The number of piperidine rings is 1. The van der Waals surface area contributed by atoms with Crippen LogP contribution in [0, 0.1) is 0 Å². The number of hydrogen-bond donors (Lipinski definition) is 3. The molecular formula is C25H38N4O4. The van der Waals surface area contributed by atoms with Gasteiger partial charge in [0, 0.05) is 43.7 Å². The summed E-state index contributed by atoms with van der Waals surface area (Å²) in [4.78, 5) is 38.8. The number of urea groups is 1. The van der Waals surface area contributed by atoms with Gasteiger partial charge >= 0.3 is 6.03 Å². The Balaban J connectivity index is 1.28. The number of nitrogens with one attached hydrogen (secondary N) is 3. The van der Waals surface area contributed by atoms with E-state index in [2.05, 4.69) is 16.0 Å². The van der Waals surface area contributed by atoms with Crippen molar-refractivity contribution < 1.29 is 19.1 Å². The van der Waals surface area contributed by atoms with E-state index in [1.807, 2.05) is 24.0 Å². The highest BCUT2D eigenvalue weighted by atomic mass is 16.5. The summed E-state index contributed by atoms with van der Waals surface area (Å²) in [5.41, 5.74) is 0.654. The number of ether oxygens (including phenoxy) is 1. The molecule has 2 fully saturated rings. The molecule has 33 heavy (non-hydrogen) atoms. The summed E-state index contributed by atoms with van der Waals surface area (Å²) in [6, 6.07) is 7.47. The summed E-state index contributed by atoms with van der Waals surface area (Å²) in [6.45, 7) is 4.26. The van der Waals surface area contributed by atoms with Crippen LogP contribution in [-0.4, -0.2) is 61.1 Å². The van der Waals surface area contributed by atoms with Gasteiger partial charge in [-0.3, -0.25) is 9.59 Å². The van der Waals surface area contributed by atoms with E-state index in [9.17, 15) is 14.4 Å². The van der Waals surface area contributed by atoms with E-state index in [1.54, 1.807) is 12.1 Å². The maximum absolute atomic E-state index is 12.7. The summed E-state index contributed by atoms with van der Waals surface area (Å²) in [6.07, 6.45) is 8.22. The fourth-order valence-corrected chi connectivity index (χ4v) is 4.50. The van der Waals surface area contributed by atoms with Crippen molar-refractivity contribution in [2.45, 2.75) is 76.8 Å². The minimum Gasteiger partial charge on any atom is -0.494 e. The van der Waals surface area contributed by atoms with Crippen molar-refractivity contribution in [2.75, 3.05) is 26.2 Å². The van der Waals surface area contributed by atoms with Crippen molar-refractivity contribution >= 4 is 17.8 Å². The van der Waals surface area contributed by atoms with Crippen molar-refractivity contribution in [2.24, 2.45) is 0 Å². The zero-order chi connectivity index (χ0) is 23.5. The van der Waals surface area contributed by atoms with Gasteiger partial charge in [-0.25, -0.2) is 4.79 Å². The van der Waals surface area contributed by atoms with E-state index < -0.39 is 0 Å². The lowest BCUT2D eigenvalue weighted by Crippen LogP contribution is -2.46. The van der Waals surface area contributed by atoms with Crippen molar-refractivity contribution in [3.63, 3.8) is 0 Å². The van der Waals surface area contributed by atoms with Crippen LogP contribution >= 0.6 is 0 Å². The molecule has 0 unspecified atom stereocenters. The second kappa shape index (κ2) is 13.1. The number of likely N-dealkylation sites (tertiary alicyclic amines) is 1. The third-order valence-corrected chi connectivity index (χ3v) is 6.37. The number of carbonyl (C=O) groups is 3. The molecule has 1 aliphatic heterocycles. The summed E-state index contributed by atoms with van der Waals surface area (Å²) in [7, 11) is 0. The van der Waals surface area contributed by atoms with Crippen LogP contribution in [0.15, 0.2) is 24.3 Å². The molecule has 0 spiro atoms. The first-order chi connectivity index (χ1) is 16.0. The molecule has 0 atom stereocenters. The molecule has 4 amide bonds. The normalized spacial score (nSPS) is 17.3. The van der Waals surface area contributed by atoms with E-state index in [0.717, 1.165) is 31.4 Å². The summed E-state index contributed by atoms with van der Waals surface area (Å²) >= 11 is 0. The zero-order valence-electron chi connectivity index (χ0n) is 19.7. The van der Waals surface area contributed by atoms with Gasteiger partial charge in [-0.15, -0.1) is 0 Å². The second-order valence-corrected chi connectivity index (χ2v) is 8.93. The zero-order valence-corrected chi connectivity index (χ0v) is 19.7. The molecular weight excluding hydrogens is 420 g/mol. The molecule has 8 nitrogen and oxygen atoms in total. The third kappa shape index (κ3) is 8.26. The van der Waals surface area contributed by atoms with Crippen LogP contribution in [0.4, 0.5) is 4.79 Å². The van der Waals surface area contributed by atoms with Gasteiger partial charge < -0.3 is 25.6 Å². The fourth-order valence-electron chi connectivity index (χ4n) is 4.50. The topological polar surface area (TPSA) is 99.8 Å². The van der Waals surface area contributed by atoms with Crippen LogP contribution in [0.1, 0.15) is 75.1 Å². The van der Waals surface area contributed by atoms with E-state index in [4.69, 9.17) is 4.74 Å². The number of hydrogen-bond acceptors (Lipinski definition) is 4. The average molecular weight is 459 g/mol. The molecule has 1 saturated heterocycles. The molecule has 1 aliphatic carbocycles. The molecule has 0 aromatic heterocycles. The minimum atomic E-state index is -0.133. The molecule has 182 valence electrons. The predicted octanol–water partition coefficient (Wildman–Crippen LogP) is 3.22. The lowest BCUT2D eigenvalue weighted by Gasteiger charge is -2.32. The number of nitrogens with zero attached hydrogens (tertiary/aromatic N) is 1. The largest absolute Gasteiger partial charge is 0.494 e. The Labute approximate surface area is 196 Å². The van der Waals surface area contributed by atoms with Crippen LogP contribution in [-0.2, 0) is 4.79 Å². The molecule has 1 aromatic rings. The van der Waals surface area contributed by atoms with E-state index >= 15 is 0 Å². The molecule has 8 heteroatoms. The lowest BCUT2D eigenvalue weighted by molar-refractivity contribution is -0.122. The molecule has 0 radical (unpaired) electrons. The Kier molecular flexibility index (Phi) is 9.84. The van der Waals surface area contributed by atoms with Crippen LogP contribution in [0.2, 0.25) is 0 Å². The molecule has 1 aromatic carbocycles. The van der Waals surface area contributed by atoms with Crippen molar-refractivity contribution in [3.05, 3.63) is 29.8 Å². The first-order valence-electron chi connectivity index (χ1n) is 12.4. The van der Waals surface area contributed by atoms with Crippen LogP contribution in [0.5, 0.6) is 5.75 Å². The first-order valence-corrected chi connectivity index (χ1v) is 12.4. The summed E-state index contributed by atoms with van der Waals surface area (Å²) in [5.74, 6) is 0.775. The average Bonchev–Trinajstić information content (AvgIpc) is 2.83. The highest BCUT2D eigenvalue weighted by Crippen LogP contribution is 2.18. The van der Waals surface area contributed by atoms with Crippen molar-refractivity contribution in [1.29, 1.82) is 0 Å². The van der Waals surface area contributed by atoms with Crippen LogP contribution in [0.25, 0.3) is 0 Å². The van der Waals surface area contributed by atoms with Gasteiger partial charge in [0.2, 0.25) is 5.91 Å². The summed E-state index contributed by atoms with van der Waals surface area (Å²) in [5, 5.41) is 8.94. The quantitative estimate of drug-likeness (QED) is 0.495. The highest BCUT2D eigenvalue weighted by Gasteiger charge is 2.24. The molecule has 3 rings (SSSR count). The Hall–Kier alpha value is -2.77. The van der Waals surface area contributed by atoms with Crippen molar-refractivity contribution in [1.82, 2.24) is 20.9 Å². The minimum absolute atomic E-state index is 0.000721. The predicted molar refractivity (Wildman–Crippen MR) is 127 cm³/mol.